The summed E-state index contributed by atoms with van der Waals surface area (Å²) in [5.41, 5.74) is 14.9. The molecule has 0 amide bonds. The van der Waals surface area contributed by atoms with Gasteiger partial charge < -0.3 is 16.0 Å². The van der Waals surface area contributed by atoms with Gasteiger partial charge in [-0.2, -0.15) is 0 Å². The highest BCUT2D eigenvalue weighted by atomic mass is 15.2. The smallest absolute Gasteiger partial charge is 0.0866 e. The molecule has 3 aromatic carbocycles. The molecular formula is C20H19N3. The fourth-order valence-corrected chi connectivity index (χ4v) is 3.09. The molecule has 0 aromatic heterocycles. The molecule has 0 radical (unpaired) electrons. The van der Waals surface area contributed by atoms with Gasteiger partial charge in [0.2, 0.25) is 0 Å². The maximum atomic E-state index is 6.35. The molecule has 0 saturated carbocycles. The van der Waals surface area contributed by atoms with Crippen molar-refractivity contribution in [3.05, 3.63) is 71.8 Å². The normalized spacial score (nSPS) is 12.3. The van der Waals surface area contributed by atoms with Crippen LogP contribution in [0.5, 0.6) is 0 Å². The highest BCUT2D eigenvalue weighted by Gasteiger charge is 2.25. The lowest BCUT2D eigenvalue weighted by atomic mass is 10.0. The number of rotatable bonds is 1. The molecule has 4 rings (SSSR count). The molecule has 0 atom stereocenters. The molecule has 0 fully saturated rings. The molecule has 3 heteroatoms. The van der Waals surface area contributed by atoms with E-state index < -0.39 is 0 Å². The number of benzene rings is 3. The Labute approximate surface area is 136 Å². The zero-order valence-corrected chi connectivity index (χ0v) is 13.3. The summed E-state index contributed by atoms with van der Waals surface area (Å²) in [5, 5.41) is 3.52. The molecule has 0 aliphatic carbocycles. The molecular weight excluding hydrogens is 282 g/mol. The van der Waals surface area contributed by atoms with Crippen LogP contribution in [0, 0.1) is 13.8 Å². The highest BCUT2D eigenvalue weighted by Crippen LogP contribution is 2.50. The van der Waals surface area contributed by atoms with E-state index in [0.29, 0.717) is 0 Å². The number of nitrogens with zero attached hydrogens (tertiary/aromatic N) is 1. The minimum absolute atomic E-state index is 0.801. The van der Waals surface area contributed by atoms with E-state index in [2.05, 4.69) is 71.7 Å². The van der Waals surface area contributed by atoms with Gasteiger partial charge in [-0.05, 0) is 55.3 Å². The first-order valence-corrected chi connectivity index (χ1v) is 7.77. The summed E-state index contributed by atoms with van der Waals surface area (Å²) in [4.78, 5) is 2.26. The van der Waals surface area contributed by atoms with Gasteiger partial charge in [0, 0.05) is 5.69 Å². The third-order valence-corrected chi connectivity index (χ3v) is 4.35. The SMILES string of the molecule is Cc1ccc2c(c1)Nc1c(ccc(C)c1N)N2c1ccccc1. The number of para-hydroxylation sites is 1. The topological polar surface area (TPSA) is 41.3 Å². The quantitative estimate of drug-likeness (QED) is 0.462. The van der Waals surface area contributed by atoms with Gasteiger partial charge in [0.25, 0.3) is 0 Å². The van der Waals surface area contributed by atoms with Gasteiger partial charge in [-0.25, -0.2) is 0 Å². The van der Waals surface area contributed by atoms with Gasteiger partial charge in [0.15, 0.2) is 0 Å². The second kappa shape index (κ2) is 5.06. The first-order valence-electron chi connectivity index (χ1n) is 7.77. The van der Waals surface area contributed by atoms with E-state index in [1.165, 1.54) is 5.56 Å². The molecule has 3 nitrogen and oxygen atoms in total. The third-order valence-electron chi connectivity index (χ3n) is 4.35. The lowest BCUT2D eigenvalue weighted by Crippen LogP contribution is -2.19. The molecule has 0 spiro atoms. The number of nitrogens with two attached hydrogens (primary N) is 1. The summed E-state index contributed by atoms with van der Waals surface area (Å²) in [6.07, 6.45) is 0. The van der Waals surface area contributed by atoms with Crippen molar-refractivity contribution in [1.82, 2.24) is 0 Å². The van der Waals surface area contributed by atoms with Crippen LogP contribution in [0.3, 0.4) is 0 Å². The van der Waals surface area contributed by atoms with Gasteiger partial charge in [-0.15, -0.1) is 0 Å². The Hall–Kier alpha value is -2.94. The largest absolute Gasteiger partial charge is 0.397 e. The molecule has 0 bridgehead atoms. The number of nitrogens with one attached hydrogen (secondary N) is 1. The summed E-state index contributed by atoms with van der Waals surface area (Å²) >= 11 is 0. The van der Waals surface area contributed by atoms with Crippen LogP contribution in [-0.2, 0) is 0 Å². The van der Waals surface area contributed by atoms with Crippen molar-refractivity contribution in [3.8, 4) is 0 Å². The lowest BCUT2D eigenvalue weighted by Gasteiger charge is -2.35. The molecule has 114 valence electrons. The Morgan fingerprint density at radius 1 is 0.870 bits per heavy atom. The fourth-order valence-electron chi connectivity index (χ4n) is 3.09. The summed E-state index contributed by atoms with van der Waals surface area (Å²) in [6, 6.07) is 21.0. The number of aryl methyl sites for hydroxylation is 2. The minimum Gasteiger partial charge on any atom is -0.397 e. The van der Waals surface area contributed by atoms with Crippen LogP contribution in [0.15, 0.2) is 60.7 Å². The predicted octanol–water partition coefficient (Wildman–Crippen LogP) is 5.41. The summed E-state index contributed by atoms with van der Waals surface area (Å²) in [6.45, 7) is 4.14. The standard InChI is InChI=1S/C20H19N3/c1-13-8-10-17-16(12-13)22-20-18(11-9-14(2)19(20)21)23(17)15-6-4-3-5-7-15/h3-12,22H,21H2,1-2H3. The average Bonchev–Trinajstić information content (AvgIpc) is 2.57. The van der Waals surface area contributed by atoms with E-state index in [-0.39, 0.29) is 0 Å². The maximum Gasteiger partial charge on any atom is 0.0866 e. The van der Waals surface area contributed by atoms with Crippen LogP contribution in [-0.4, -0.2) is 0 Å². The highest BCUT2D eigenvalue weighted by molar-refractivity contribution is 6.01. The van der Waals surface area contributed by atoms with Crippen LogP contribution in [0.1, 0.15) is 11.1 Å². The van der Waals surface area contributed by atoms with E-state index in [0.717, 1.165) is 39.7 Å². The van der Waals surface area contributed by atoms with Crippen molar-refractivity contribution in [1.29, 1.82) is 0 Å². The van der Waals surface area contributed by atoms with E-state index in [1.807, 2.05) is 13.0 Å². The predicted molar refractivity (Wildman–Crippen MR) is 98.3 cm³/mol. The Kier molecular flexibility index (Phi) is 3.01. The number of anilines is 6. The van der Waals surface area contributed by atoms with Crippen molar-refractivity contribution < 1.29 is 0 Å². The van der Waals surface area contributed by atoms with Gasteiger partial charge in [-0.1, -0.05) is 30.3 Å². The van der Waals surface area contributed by atoms with Crippen molar-refractivity contribution in [3.63, 3.8) is 0 Å². The molecule has 1 aliphatic heterocycles. The second-order valence-corrected chi connectivity index (χ2v) is 6.01. The van der Waals surface area contributed by atoms with Gasteiger partial charge in [0.05, 0.1) is 28.4 Å². The first kappa shape index (κ1) is 13.7. The van der Waals surface area contributed by atoms with Crippen molar-refractivity contribution >= 4 is 34.1 Å². The van der Waals surface area contributed by atoms with E-state index in [1.54, 1.807) is 0 Å². The Balaban J connectivity index is 2.00. The fraction of sp³-hybridized carbons (Fsp3) is 0.100. The van der Waals surface area contributed by atoms with Crippen molar-refractivity contribution in [2.24, 2.45) is 0 Å². The monoisotopic (exact) mass is 301 g/mol. The Bertz CT molecular complexity index is 885. The summed E-state index contributed by atoms with van der Waals surface area (Å²) < 4.78 is 0. The molecule has 0 saturated heterocycles. The molecule has 1 aliphatic rings. The Morgan fingerprint density at radius 2 is 1.61 bits per heavy atom. The van der Waals surface area contributed by atoms with Crippen molar-refractivity contribution in [2.45, 2.75) is 13.8 Å². The number of nitrogen functional groups attached to an aromatic ring is 1. The number of hydrogen-bond acceptors (Lipinski definition) is 3. The summed E-state index contributed by atoms with van der Waals surface area (Å²) in [5.74, 6) is 0. The van der Waals surface area contributed by atoms with Gasteiger partial charge in [-0.3, -0.25) is 0 Å². The molecule has 3 N–H and O–H groups in total. The molecule has 1 heterocycles. The van der Waals surface area contributed by atoms with Crippen molar-refractivity contribution in [2.75, 3.05) is 16.0 Å². The van der Waals surface area contributed by atoms with E-state index >= 15 is 0 Å². The van der Waals surface area contributed by atoms with Crippen LogP contribution < -0.4 is 16.0 Å². The molecule has 23 heavy (non-hydrogen) atoms. The Morgan fingerprint density at radius 3 is 2.39 bits per heavy atom. The van der Waals surface area contributed by atoms with E-state index in [4.69, 9.17) is 5.73 Å². The second-order valence-electron chi connectivity index (χ2n) is 6.01. The molecule has 0 unspecified atom stereocenters. The minimum atomic E-state index is 0.801. The van der Waals surface area contributed by atoms with Gasteiger partial charge in [0.1, 0.15) is 0 Å². The van der Waals surface area contributed by atoms with Crippen LogP contribution in [0.4, 0.5) is 34.1 Å². The number of fused-ring (bicyclic) bond motifs is 2. The van der Waals surface area contributed by atoms with Gasteiger partial charge >= 0.3 is 0 Å². The average molecular weight is 301 g/mol. The zero-order valence-electron chi connectivity index (χ0n) is 13.3. The summed E-state index contributed by atoms with van der Waals surface area (Å²) in [7, 11) is 0. The number of hydrogen-bond donors (Lipinski definition) is 2. The van der Waals surface area contributed by atoms with E-state index in [9.17, 15) is 0 Å². The molecule has 3 aromatic rings. The zero-order chi connectivity index (χ0) is 16.0. The lowest BCUT2D eigenvalue weighted by molar-refractivity contribution is 1.24. The van der Waals surface area contributed by atoms with Crippen LogP contribution in [0.2, 0.25) is 0 Å². The first-order chi connectivity index (χ1) is 11.1. The van der Waals surface area contributed by atoms with Crippen LogP contribution >= 0.6 is 0 Å². The van der Waals surface area contributed by atoms with Crippen LogP contribution in [0.25, 0.3) is 0 Å². The maximum absolute atomic E-state index is 6.35. The third kappa shape index (κ3) is 2.13.